The van der Waals surface area contributed by atoms with Gasteiger partial charge in [-0.25, -0.2) is 9.37 Å². The van der Waals surface area contributed by atoms with E-state index in [4.69, 9.17) is 11.6 Å². The van der Waals surface area contributed by atoms with E-state index in [1.165, 1.54) is 12.5 Å². The summed E-state index contributed by atoms with van der Waals surface area (Å²) in [6, 6.07) is 12.3. The maximum atomic E-state index is 15.1. The molecule has 0 bridgehead atoms. The van der Waals surface area contributed by atoms with E-state index in [-0.39, 0.29) is 29.3 Å². The number of aromatic nitrogens is 9. The summed E-state index contributed by atoms with van der Waals surface area (Å²) in [4.78, 5) is 21.4. The number of fused-ring (bicyclic) bond motifs is 4. The predicted octanol–water partition coefficient (Wildman–Crippen LogP) is 4.26. The second kappa shape index (κ2) is 7.68. The first-order valence-electron chi connectivity index (χ1n) is 12.0. The van der Waals surface area contributed by atoms with Gasteiger partial charge in [0.15, 0.2) is 0 Å². The monoisotopic (exact) mass is 525 g/mol. The second-order valence-electron chi connectivity index (χ2n) is 9.68. The first-order chi connectivity index (χ1) is 18.6. The van der Waals surface area contributed by atoms with Crippen molar-refractivity contribution in [3.05, 3.63) is 93.9 Å². The second-order valence-corrected chi connectivity index (χ2v) is 10.1. The summed E-state index contributed by atoms with van der Waals surface area (Å²) in [5.74, 6) is 0.765. The normalized spacial score (nSPS) is 19.6. The van der Waals surface area contributed by atoms with Crippen molar-refractivity contribution in [2.75, 3.05) is 0 Å². The Morgan fingerprint density at radius 3 is 2.87 bits per heavy atom. The molecule has 4 aromatic heterocycles. The molecule has 1 aliphatic carbocycles. The number of halogens is 2. The Labute approximate surface area is 218 Å². The van der Waals surface area contributed by atoms with E-state index in [2.05, 4.69) is 35.7 Å². The molecule has 186 valence electrons. The third kappa shape index (κ3) is 3.05. The average Bonchev–Trinajstić information content (AvgIpc) is 3.42. The lowest BCUT2D eigenvalue weighted by molar-refractivity contribution is 0.514. The summed E-state index contributed by atoms with van der Waals surface area (Å²) in [7, 11) is 0. The van der Waals surface area contributed by atoms with E-state index < -0.39 is 0 Å². The summed E-state index contributed by atoms with van der Waals surface area (Å²) in [5, 5.41) is 19.1. The molecule has 6 aromatic rings. The van der Waals surface area contributed by atoms with Gasteiger partial charge in [-0.2, -0.15) is 9.78 Å². The van der Waals surface area contributed by atoms with E-state index in [9.17, 15) is 4.79 Å². The van der Waals surface area contributed by atoms with E-state index in [1.807, 2.05) is 22.8 Å². The number of hydrogen-bond donors (Lipinski definition) is 2. The van der Waals surface area contributed by atoms with Gasteiger partial charge in [0.2, 0.25) is 0 Å². The largest absolute Gasteiger partial charge is 0.340 e. The summed E-state index contributed by atoms with van der Waals surface area (Å²) in [5.41, 5.74) is 4.63. The van der Waals surface area contributed by atoms with Gasteiger partial charge in [-0.05, 0) is 64.7 Å². The van der Waals surface area contributed by atoms with Gasteiger partial charge in [-0.1, -0.05) is 11.6 Å². The van der Waals surface area contributed by atoms with Gasteiger partial charge in [0.25, 0.3) is 5.56 Å². The molecule has 1 fully saturated rings. The number of rotatable bonds is 4. The maximum Gasteiger partial charge on any atom is 0.252 e. The lowest BCUT2D eigenvalue weighted by Crippen LogP contribution is -2.26. The van der Waals surface area contributed by atoms with Crippen LogP contribution in [0.3, 0.4) is 0 Å². The molecule has 2 N–H and O–H groups in total. The standard InChI is InChI=1S/C26H17ClFN9O/c27-13-1-4-21(36-11-31-34-35-36)15(7-13)12-5-22-16-8-17(16)25(37(22)23(38)6-12)26-29-10-20(32-26)14-2-3-19-18(24(14)28)9-30-33-19/h1-7,9-11,16-17,25H,8H2,(H,29,32)(H,30,33). The molecular formula is C26H17ClFN9O. The number of hydrogen-bond acceptors (Lipinski definition) is 6. The van der Waals surface area contributed by atoms with Gasteiger partial charge in [0.05, 0.1) is 40.7 Å². The SMILES string of the molecule is O=c1cc(-c2cc(Cl)ccc2-n2cnnn2)cc2n1C(c1ncc(-c3ccc4[nH]ncc4c3F)[nH]1)C1CC21. The van der Waals surface area contributed by atoms with E-state index >= 15 is 4.39 Å². The number of nitrogens with one attached hydrogen (secondary N) is 2. The smallest absolute Gasteiger partial charge is 0.252 e. The molecule has 8 rings (SSSR count). The Morgan fingerprint density at radius 1 is 1.08 bits per heavy atom. The predicted molar refractivity (Wildman–Crippen MR) is 136 cm³/mol. The van der Waals surface area contributed by atoms with Crippen LogP contribution in [0.1, 0.15) is 29.9 Å². The molecule has 1 saturated carbocycles. The number of aromatic amines is 2. The first-order valence-corrected chi connectivity index (χ1v) is 12.4. The van der Waals surface area contributed by atoms with Crippen molar-refractivity contribution in [2.45, 2.75) is 18.4 Å². The number of tetrazole rings is 1. The van der Waals surface area contributed by atoms with Crippen LogP contribution in [-0.4, -0.2) is 44.9 Å². The van der Waals surface area contributed by atoms with Gasteiger partial charge in [-0.3, -0.25) is 9.89 Å². The average molecular weight is 526 g/mol. The Hall–Kier alpha value is -4.64. The first kappa shape index (κ1) is 21.4. The number of imidazole rings is 1. The zero-order valence-electron chi connectivity index (χ0n) is 19.5. The number of benzene rings is 2. The van der Waals surface area contributed by atoms with Crippen LogP contribution in [-0.2, 0) is 0 Å². The molecule has 0 saturated heterocycles. The fourth-order valence-corrected chi connectivity index (χ4v) is 5.96. The van der Waals surface area contributed by atoms with Crippen LogP contribution in [0, 0.1) is 11.7 Å². The van der Waals surface area contributed by atoms with Crippen molar-refractivity contribution in [2.24, 2.45) is 5.92 Å². The van der Waals surface area contributed by atoms with Crippen LogP contribution in [0.25, 0.3) is 39.0 Å². The highest BCUT2D eigenvalue weighted by molar-refractivity contribution is 6.31. The van der Waals surface area contributed by atoms with Crippen molar-refractivity contribution in [1.82, 2.24) is 44.9 Å². The van der Waals surface area contributed by atoms with E-state index in [0.717, 1.165) is 28.9 Å². The highest BCUT2D eigenvalue weighted by Crippen LogP contribution is 2.60. The molecule has 0 radical (unpaired) electrons. The maximum absolute atomic E-state index is 15.1. The van der Waals surface area contributed by atoms with Crippen molar-refractivity contribution in [3.8, 4) is 28.1 Å². The molecule has 2 aliphatic rings. The zero-order chi connectivity index (χ0) is 25.5. The van der Waals surface area contributed by atoms with Crippen LogP contribution in [0.15, 0.2) is 66.0 Å². The lowest BCUT2D eigenvalue weighted by Gasteiger charge is -2.18. The van der Waals surface area contributed by atoms with Gasteiger partial charge < -0.3 is 9.55 Å². The minimum Gasteiger partial charge on any atom is -0.340 e. The molecule has 5 heterocycles. The topological polar surface area (TPSA) is 123 Å². The summed E-state index contributed by atoms with van der Waals surface area (Å²) < 4.78 is 18.5. The van der Waals surface area contributed by atoms with Crippen LogP contribution in [0.4, 0.5) is 4.39 Å². The summed E-state index contributed by atoms with van der Waals surface area (Å²) in [6.07, 6.45) is 5.55. The van der Waals surface area contributed by atoms with Crippen LogP contribution >= 0.6 is 11.6 Å². The number of H-pyrrole nitrogens is 2. The number of nitrogens with zero attached hydrogens (tertiary/aromatic N) is 7. The highest BCUT2D eigenvalue weighted by atomic mass is 35.5. The van der Waals surface area contributed by atoms with Crippen molar-refractivity contribution < 1.29 is 4.39 Å². The fourth-order valence-electron chi connectivity index (χ4n) is 5.79. The van der Waals surface area contributed by atoms with Crippen LogP contribution < -0.4 is 5.56 Å². The Morgan fingerprint density at radius 2 is 2.00 bits per heavy atom. The van der Waals surface area contributed by atoms with E-state index in [1.54, 1.807) is 35.1 Å². The minimum atomic E-state index is -0.371. The third-order valence-electron chi connectivity index (χ3n) is 7.59. The molecule has 38 heavy (non-hydrogen) atoms. The Balaban J connectivity index is 1.21. The molecule has 0 amide bonds. The van der Waals surface area contributed by atoms with Crippen LogP contribution in [0.2, 0.25) is 5.02 Å². The lowest BCUT2D eigenvalue weighted by atomic mass is 10.0. The quantitative estimate of drug-likeness (QED) is 0.354. The fraction of sp³-hybridized carbons (Fsp3) is 0.154. The van der Waals surface area contributed by atoms with Gasteiger partial charge in [0, 0.05) is 33.8 Å². The van der Waals surface area contributed by atoms with Crippen molar-refractivity contribution >= 4 is 22.5 Å². The summed E-state index contributed by atoms with van der Waals surface area (Å²) >= 11 is 6.33. The molecule has 0 spiro atoms. The summed E-state index contributed by atoms with van der Waals surface area (Å²) in [6.45, 7) is 0. The molecule has 3 atom stereocenters. The minimum absolute atomic E-state index is 0.138. The Kier molecular flexibility index (Phi) is 4.34. The van der Waals surface area contributed by atoms with Crippen LogP contribution in [0.5, 0.6) is 0 Å². The Bertz CT molecular complexity index is 1940. The zero-order valence-corrected chi connectivity index (χ0v) is 20.3. The number of pyridine rings is 1. The van der Waals surface area contributed by atoms with Crippen molar-refractivity contribution in [3.63, 3.8) is 0 Å². The van der Waals surface area contributed by atoms with Gasteiger partial charge in [0.1, 0.15) is 18.0 Å². The highest BCUT2D eigenvalue weighted by Gasteiger charge is 2.54. The molecule has 10 nitrogen and oxygen atoms in total. The van der Waals surface area contributed by atoms with Gasteiger partial charge >= 0.3 is 0 Å². The van der Waals surface area contributed by atoms with E-state index in [0.29, 0.717) is 33.0 Å². The molecule has 12 heteroatoms. The molecular weight excluding hydrogens is 509 g/mol. The molecule has 1 aliphatic heterocycles. The third-order valence-corrected chi connectivity index (χ3v) is 7.83. The van der Waals surface area contributed by atoms with Crippen molar-refractivity contribution in [1.29, 1.82) is 0 Å². The van der Waals surface area contributed by atoms with Gasteiger partial charge in [-0.15, -0.1) is 5.10 Å². The molecule has 3 unspecified atom stereocenters. The molecule has 2 aromatic carbocycles.